The molecule has 0 N–H and O–H groups in total. The van der Waals surface area contributed by atoms with Gasteiger partial charge in [0.1, 0.15) is 0 Å². The van der Waals surface area contributed by atoms with Crippen LogP contribution in [0.25, 0.3) is 0 Å². The minimum Gasteiger partial charge on any atom is -0.857 e. The predicted octanol–water partition coefficient (Wildman–Crippen LogP) is -4.10. The molecule has 0 rings (SSSR count). The first-order valence-electron chi connectivity index (χ1n) is 1.63. The van der Waals surface area contributed by atoms with Gasteiger partial charge in [-0.25, -0.2) is 0 Å². The zero-order valence-electron chi connectivity index (χ0n) is 6.13. The van der Waals surface area contributed by atoms with Crippen molar-refractivity contribution in [2.24, 2.45) is 0 Å². The van der Waals surface area contributed by atoms with Crippen molar-refractivity contribution in [1.29, 1.82) is 0 Å². The van der Waals surface area contributed by atoms with Crippen LogP contribution in [0, 0.1) is 0 Å². The van der Waals surface area contributed by atoms with Crippen LogP contribution in [-0.4, -0.2) is 28.4 Å². The Kier molecular flexibility index (Phi) is 3670. The van der Waals surface area contributed by atoms with E-state index in [0.29, 0.717) is 0 Å². The number of rotatable bonds is 0. The van der Waals surface area contributed by atoms with Crippen LogP contribution >= 0.6 is 0 Å². The first-order chi connectivity index (χ1) is 4.00. The summed E-state index contributed by atoms with van der Waals surface area (Å²) in [5, 5.41) is 33.0. The minimum atomic E-state index is 0. The van der Waals surface area contributed by atoms with Crippen LogP contribution in [0.15, 0.2) is 0 Å². The second kappa shape index (κ2) is 995. The van der Waals surface area contributed by atoms with E-state index < -0.39 is 0 Å². The van der Waals surface area contributed by atoms with E-state index in [1.165, 1.54) is 0 Å². The van der Waals surface area contributed by atoms with Crippen molar-refractivity contribution in [3.63, 3.8) is 0 Å². The Morgan fingerprint density at radius 1 is 0.444 bits per heavy atom. The van der Waals surface area contributed by atoms with Gasteiger partial charge in [-0.1, -0.05) is 0 Å². The van der Waals surface area contributed by atoms with E-state index >= 15 is 0 Å². The van der Waals surface area contributed by atoms with Gasteiger partial charge in [-0.15, -0.1) is 0 Å². The monoisotopic (exact) mass is 214 g/mol. The third-order valence-corrected chi connectivity index (χ3v) is 0. The van der Waals surface area contributed by atoms with Gasteiger partial charge in [0.2, 0.25) is 0 Å². The van der Waals surface area contributed by atoms with Crippen molar-refractivity contribution in [2.45, 2.75) is 0 Å². The first-order valence-corrected chi connectivity index (χ1v) is 1.63. The molecule has 0 bridgehead atoms. The van der Waals surface area contributed by atoms with Crippen molar-refractivity contribution in [1.82, 2.24) is 0 Å². The van der Waals surface area contributed by atoms with Gasteiger partial charge in [0.15, 0.2) is 0 Å². The van der Waals surface area contributed by atoms with Gasteiger partial charge in [0.25, 0.3) is 0 Å². The third kappa shape index (κ3) is 754. The summed E-state index contributed by atoms with van der Waals surface area (Å²) in [6.45, 7) is 0. The molecule has 0 saturated carbocycles. The second-order valence-electron chi connectivity index (χ2n) is 0. The normalized spacial score (nSPS) is 2.67. The van der Waals surface area contributed by atoms with Crippen molar-refractivity contribution in [2.75, 3.05) is 28.4 Å². The fourth-order valence-electron chi connectivity index (χ4n) is 0. The van der Waals surface area contributed by atoms with Crippen LogP contribution in [-0.2, 0) is 26.2 Å². The summed E-state index contributed by atoms with van der Waals surface area (Å²) in [5.41, 5.74) is 0. The van der Waals surface area contributed by atoms with Crippen LogP contribution < -0.4 is 20.4 Å². The first kappa shape index (κ1) is 33.2. The van der Waals surface area contributed by atoms with Crippen LogP contribution in [0.4, 0.5) is 0 Å². The molecular formula is C4H12O4Zr. The molecule has 0 heterocycles. The van der Waals surface area contributed by atoms with Crippen molar-refractivity contribution >= 4 is 0 Å². The van der Waals surface area contributed by atoms with Crippen LogP contribution in [0.3, 0.4) is 0 Å². The molecule has 56 valence electrons. The van der Waals surface area contributed by atoms with Gasteiger partial charge < -0.3 is 20.4 Å². The van der Waals surface area contributed by atoms with Gasteiger partial charge in [-0.05, 0) is 0 Å². The Balaban J connectivity index is -0.00000000762. The van der Waals surface area contributed by atoms with Gasteiger partial charge in [-0.2, -0.15) is 28.4 Å². The predicted molar refractivity (Wildman–Crippen MR) is 23.7 cm³/mol. The maximum atomic E-state index is 8.25. The van der Waals surface area contributed by atoms with Crippen molar-refractivity contribution < 1.29 is 46.6 Å². The number of hydrogen-bond donors (Lipinski definition) is 0. The quantitative estimate of drug-likeness (QED) is 0.410. The molecule has 0 aliphatic heterocycles. The summed E-state index contributed by atoms with van der Waals surface area (Å²) in [4.78, 5) is 0. The summed E-state index contributed by atoms with van der Waals surface area (Å²) < 4.78 is 0. The molecule has 4 nitrogen and oxygen atoms in total. The molecule has 0 aromatic carbocycles. The maximum absolute atomic E-state index is 8.25. The molecular weight excluding hydrogens is 203 g/mol. The van der Waals surface area contributed by atoms with Crippen LogP contribution in [0.2, 0.25) is 0 Å². The largest absolute Gasteiger partial charge is 4.00 e. The van der Waals surface area contributed by atoms with Gasteiger partial charge in [0, 0.05) is 0 Å². The minimum absolute atomic E-state index is 0. The smallest absolute Gasteiger partial charge is 0.857 e. The summed E-state index contributed by atoms with van der Waals surface area (Å²) in [6, 6.07) is 0. The van der Waals surface area contributed by atoms with Crippen LogP contribution in [0.1, 0.15) is 0 Å². The molecule has 0 unspecified atom stereocenters. The second-order valence-corrected chi connectivity index (χ2v) is 0. The average molecular weight is 215 g/mol. The fourth-order valence-corrected chi connectivity index (χ4v) is 0. The van der Waals surface area contributed by atoms with E-state index in [1.807, 2.05) is 0 Å². The molecule has 0 amide bonds. The Hall–Kier alpha value is 0.723. The zero-order chi connectivity index (χ0) is 8.00. The SMILES string of the molecule is C[O-].C[O-].C[O-].C[O-].[Zr+4]. The maximum Gasteiger partial charge on any atom is 4.00 e. The Bertz CT molecular complexity index is 12.5. The Labute approximate surface area is 75.3 Å². The Morgan fingerprint density at radius 2 is 0.444 bits per heavy atom. The average Bonchev–Trinajstić information content (AvgIpc) is 2.03. The molecule has 0 aromatic heterocycles. The van der Waals surface area contributed by atoms with Gasteiger partial charge >= 0.3 is 26.2 Å². The third-order valence-electron chi connectivity index (χ3n) is 0. The summed E-state index contributed by atoms with van der Waals surface area (Å²) in [5.74, 6) is 0. The topological polar surface area (TPSA) is 92.2 Å². The van der Waals surface area contributed by atoms with Crippen molar-refractivity contribution in [3.8, 4) is 0 Å². The molecule has 0 aliphatic rings. The molecule has 0 spiro atoms. The van der Waals surface area contributed by atoms with E-state index in [2.05, 4.69) is 0 Å². The molecule has 0 atom stereocenters. The van der Waals surface area contributed by atoms with Crippen LogP contribution in [0.5, 0.6) is 0 Å². The van der Waals surface area contributed by atoms with E-state index in [0.717, 1.165) is 28.4 Å². The number of hydrogen-bond acceptors (Lipinski definition) is 4. The molecule has 5 heteroatoms. The van der Waals surface area contributed by atoms with Gasteiger partial charge in [-0.3, -0.25) is 0 Å². The summed E-state index contributed by atoms with van der Waals surface area (Å²) >= 11 is 0. The van der Waals surface area contributed by atoms with E-state index in [-0.39, 0.29) is 26.2 Å². The van der Waals surface area contributed by atoms with E-state index in [9.17, 15) is 0 Å². The van der Waals surface area contributed by atoms with Gasteiger partial charge in [0.05, 0.1) is 0 Å². The fraction of sp³-hybridized carbons (Fsp3) is 1.00. The van der Waals surface area contributed by atoms with E-state index in [1.54, 1.807) is 0 Å². The zero-order valence-corrected chi connectivity index (χ0v) is 8.59. The molecule has 0 aliphatic carbocycles. The van der Waals surface area contributed by atoms with E-state index in [4.69, 9.17) is 20.4 Å². The molecule has 0 radical (unpaired) electrons. The molecule has 0 aromatic rings. The molecule has 0 saturated heterocycles. The van der Waals surface area contributed by atoms with Crippen molar-refractivity contribution in [3.05, 3.63) is 0 Å². The molecule has 0 fully saturated rings. The Morgan fingerprint density at radius 3 is 0.444 bits per heavy atom. The standard InChI is InChI=1S/4CH3O.Zr/c4*1-2;/h4*1H3;/q4*-1;+4. The summed E-state index contributed by atoms with van der Waals surface area (Å²) in [7, 11) is 3.00. The summed E-state index contributed by atoms with van der Waals surface area (Å²) in [6.07, 6.45) is 0. The molecule has 9 heavy (non-hydrogen) atoms.